The van der Waals surface area contributed by atoms with Gasteiger partial charge in [0.15, 0.2) is 6.54 Å². The summed E-state index contributed by atoms with van der Waals surface area (Å²) < 4.78 is 26.9. The van der Waals surface area contributed by atoms with Gasteiger partial charge in [-0.2, -0.15) is 0 Å². The summed E-state index contributed by atoms with van der Waals surface area (Å²) in [6.45, 7) is 1.96. The van der Waals surface area contributed by atoms with Gasteiger partial charge < -0.3 is 10.6 Å². The first-order chi connectivity index (χ1) is 10.5. The first-order valence-corrected chi connectivity index (χ1v) is 7.18. The largest absolute Gasteiger partial charge is 0.333 e. The van der Waals surface area contributed by atoms with Crippen molar-refractivity contribution in [2.24, 2.45) is 0 Å². The van der Waals surface area contributed by atoms with Crippen LogP contribution in [0.15, 0.2) is 42.5 Å². The molecule has 0 aliphatic carbocycles. The van der Waals surface area contributed by atoms with E-state index in [9.17, 15) is 13.6 Å². The summed E-state index contributed by atoms with van der Waals surface area (Å²) in [6.07, 6.45) is 0. The van der Waals surface area contributed by atoms with Crippen molar-refractivity contribution in [1.82, 2.24) is 0 Å². The van der Waals surface area contributed by atoms with Gasteiger partial charge in [0, 0.05) is 10.6 Å². The Kier molecular flexibility index (Phi) is 5.46. The lowest BCUT2D eigenvalue weighted by atomic mass is 10.1. The molecule has 2 aromatic rings. The number of quaternary nitrogens is 1. The molecule has 116 valence electrons. The number of carbonyl (C=O) groups excluding carboxylic acids is 1. The minimum Gasteiger partial charge on any atom is -0.333 e. The number of rotatable bonds is 5. The Morgan fingerprint density at radius 3 is 2.50 bits per heavy atom. The van der Waals surface area contributed by atoms with Crippen molar-refractivity contribution in [3.8, 4) is 0 Å². The molecule has 0 unspecified atom stereocenters. The van der Waals surface area contributed by atoms with Crippen molar-refractivity contribution in [1.29, 1.82) is 0 Å². The smallest absolute Gasteiger partial charge is 0.279 e. The first-order valence-electron chi connectivity index (χ1n) is 6.80. The Bertz CT molecular complexity index is 659. The first kappa shape index (κ1) is 16.4. The van der Waals surface area contributed by atoms with E-state index in [0.29, 0.717) is 5.02 Å². The number of benzene rings is 2. The molecule has 22 heavy (non-hydrogen) atoms. The van der Waals surface area contributed by atoms with E-state index >= 15 is 0 Å². The summed E-state index contributed by atoms with van der Waals surface area (Å²) in [5.74, 6) is -2.06. The average Bonchev–Trinajstić information content (AvgIpc) is 2.48. The van der Waals surface area contributed by atoms with E-state index in [4.69, 9.17) is 11.6 Å². The highest BCUT2D eigenvalue weighted by Crippen LogP contribution is 2.17. The maximum Gasteiger partial charge on any atom is 0.279 e. The molecule has 0 saturated heterocycles. The summed E-state index contributed by atoms with van der Waals surface area (Å²) in [5, 5.41) is 4.64. The van der Waals surface area contributed by atoms with Crippen LogP contribution >= 0.6 is 11.6 Å². The minimum atomic E-state index is -0.795. The van der Waals surface area contributed by atoms with Gasteiger partial charge in [-0.15, -0.1) is 0 Å². The summed E-state index contributed by atoms with van der Waals surface area (Å²) in [4.78, 5) is 11.8. The third-order valence-corrected chi connectivity index (χ3v) is 3.49. The molecule has 0 aliphatic rings. The second-order valence-corrected chi connectivity index (χ2v) is 5.36. The van der Waals surface area contributed by atoms with Crippen LogP contribution in [0.5, 0.6) is 0 Å². The molecule has 2 rings (SSSR count). The van der Waals surface area contributed by atoms with Crippen LogP contribution in [0.1, 0.15) is 18.5 Å². The molecule has 0 aliphatic heterocycles. The van der Waals surface area contributed by atoms with Crippen LogP contribution in [-0.2, 0) is 4.79 Å². The van der Waals surface area contributed by atoms with Crippen LogP contribution in [0.25, 0.3) is 0 Å². The van der Waals surface area contributed by atoms with Gasteiger partial charge in [-0.3, -0.25) is 4.79 Å². The van der Waals surface area contributed by atoms with Crippen LogP contribution < -0.4 is 10.6 Å². The van der Waals surface area contributed by atoms with Crippen LogP contribution in [-0.4, -0.2) is 12.5 Å². The highest BCUT2D eigenvalue weighted by Gasteiger charge is 2.15. The number of hydrogen-bond acceptors (Lipinski definition) is 1. The molecule has 1 amide bonds. The summed E-state index contributed by atoms with van der Waals surface area (Å²) in [7, 11) is 0. The Morgan fingerprint density at radius 1 is 1.23 bits per heavy atom. The van der Waals surface area contributed by atoms with Gasteiger partial charge in [-0.05, 0) is 31.2 Å². The Hall–Kier alpha value is -1.98. The molecule has 0 spiro atoms. The number of nitrogens with one attached hydrogen (secondary N) is 1. The van der Waals surface area contributed by atoms with Crippen LogP contribution in [0, 0.1) is 11.6 Å². The lowest BCUT2D eigenvalue weighted by Crippen LogP contribution is -2.86. The fourth-order valence-electron chi connectivity index (χ4n) is 2.02. The van der Waals surface area contributed by atoms with E-state index in [1.807, 2.05) is 25.1 Å². The van der Waals surface area contributed by atoms with Crippen LogP contribution in [0.4, 0.5) is 14.5 Å². The highest BCUT2D eigenvalue weighted by atomic mass is 35.5. The van der Waals surface area contributed by atoms with E-state index in [2.05, 4.69) is 5.32 Å². The maximum absolute atomic E-state index is 13.4. The van der Waals surface area contributed by atoms with E-state index in [0.717, 1.165) is 17.7 Å². The van der Waals surface area contributed by atoms with Crippen molar-refractivity contribution in [3.05, 3.63) is 64.7 Å². The summed E-state index contributed by atoms with van der Waals surface area (Å²) in [5.41, 5.74) is 0.550. The zero-order valence-corrected chi connectivity index (χ0v) is 12.7. The van der Waals surface area contributed by atoms with Crippen molar-refractivity contribution in [2.45, 2.75) is 13.0 Å². The van der Waals surface area contributed by atoms with Gasteiger partial charge in [-0.1, -0.05) is 29.8 Å². The van der Waals surface area contributed by atoms with Crippen molar-refractivity contribution >= 4 is 23.2 Å². The lowest BCUT2D eigenvalue weighted by Gasteiger charge is -2.12. The van der Waals surface area contributed by atoms with Crippen LogP contribution in [0.3, 0.4) is 0 Å². The number of nitrogens with two attached hydrogens (primary N) is 1. The van der Waals surface area contributed by atoms with Crippen molar-refractivity contribution < 1.29 is 18.9 Å². The zero-order chi connectivity index (χ0) is 16.1. The third-order valence-electron chi connectivity index (χ3n) is 3.26. The van der Waals surface area contributed by atoms with Crippen LogP contribution in [0.2, 0.25) is 5.02 Å². The summed E-state index contributed by atoms with van der Waals surface area (Å²) in [6, 6.07) is 10.7. The fourth-order valence-corrected chi connectivity index (χ4v) is 2.22. The predicted molar refractivity (Wildman–Crippen MR) is 81.6 cm³/mol. The Balaban J connectivity index is 1.93. The number of hydrogen-bond donors (Lipinski definition) is 2. The zero-order valence-electron chi connectivity index (χ0n) is 11.9. The van der Waals surface area contributed by atoms with E-state index in [1.165, 1.54) is 6.07 Å². The molecule has 6 heteroatoms. The van der Waals surface area contributed by atoms with Crippen molar-refractivity contribution in [2.75, 3.05) is 11.9 Å². The lowest BCUT2D eigenvalue weighted by molar-refractivity contribution is -0.682. The quantitative estimate of drug-likeness (QED) is 0.872. The number of halogens is 3. The maximum atomic E-state index is 13.4. The number of carbonyl (C=O) groups is 1. The van der Waals surface area contributed by atoms with Crippen molar-refractivity contribution in [3.63, 3.8) is 0 Å². The monoisotopic (exact) mass is 325 g/mol. The van der Waals surface area contributed by atoms with E-state index in [-0.39, 0.29) is 12.6 Å². The molecule has 0 saturated carbocycles. The third kappa shape index (κ3) is 4.26. The summed E-state index contributed by atoms with van der Waals surface area (Å²) >= 11 is 5.92. The van der Waals surface area contributed by atoms with Gasteiger partial charge in [0.2, 0.25) is 0 Å². The standard InChI is InChI=1S/C16H15ClF2N2O/c1-10(11-4-2-5-12(17)8-11)20-9-15(22)21-16-13(18)6-3-7-14(16)19/h2-8,10,20H,9H2,1H3,(H,21,22)/p+1/t10-/m0/s1. The van der Waals surface area contributed by atoms with E-state index in [1.54, 1.807) is 11.4 Å². The molecule has 1 atom stereocenters. The molecule has 3 nitrogen and oxygen atoms in total. The molecular weight excluding hydrogens is 310 g/mol. The van der Waals surface area contributed by atoms with Gasteiger partial charge >= 0.3 is 0 Å². The topological polar surface area (TPSA) is 45.7 Å². The SMILES string of the molecule is C[C@H]([NH2+]CC(=O)Nc1c(F)cccc1F)c1cccc(Cl)c1. The van der Waals surface area contributed by atoms with Gasteiger partial charge in [0.25, 0.3) is 5.91 Å². The number of para-hydroxylation sites is 1. The number of anilines is 1. The number of amides is 1. The Labute approximate surface area is 132 Å². The molecule has 0 heterocycles. The molecule has 2 aromatic carbocycles. The van der Waals surface area contributed by atoms with Gasteiger partial charge in [-0.25, -0.2) is 8.78 Å². The fraction of sp³-hybridized carbons (Fsp3) is 0.188. The van der Waals surface area contributed by atoms with E-state index < -0.39 is 23.2 Å². The Morgan fingerprint density at radius 2 is 1.86 bits per heavy atom. The highest BCUT2D eigenvalue weighted by molar-refractivity contribution is 6.30. The van der Waals surface area contributed by atoms with Gasteiger partial charge in [0.1, 0.15) is 23.4 Å². The molecule has 3 N–H and O–H groups in total. The minimum absolute atomic E-state index is 0.00471. The predicted octanol–water partition coefficient (Wildman–Crippen LogP) is 2.88. The van der Waals surface area contributed by atoms with Gasteiger partial charge in [0.05, 0.1) is 0 Å². The average molecular weight is 326 g/mol. The normalized spacial score (nSPS) is 12.0. The second kappa shape index (κ2) is 7.33. The molecule has 0 fully saturated rings. The molecule has 0 bridgehead atoms. The molecule has 0 aromatic heterocycles. The second-order valence-electron chi connectivity index (χ2n) is 4.93. The molecule has 0 radical (unpaired) electrons. The molecular formula is C16H16ClF2N2O+.